The van der Waals surface area contributed by atoms with E-state index in [0.29, 0.717) is 0 Å². The highest BCUT2D eigenvalue weighted by atomic mass is 15.1. The third kappa shape index (κ3) is 2.52. The molecule has 0 aliphatic rings. The third-order valence-corrected chi connectivity index (χ3v) is 3.15. The molecule has 0 aliphatic heterocycles. The summed E-state index contributed by atoms with van der Waals surface area (Å²) in [5.41, 5.74) is 3.35. The largest absolute Gasteiger partial charge is 0.373 e. The first-order valence-electron chi connectivity index (χ1n) is 6.20. The average molecular weight is 228 g/mol. The first-order valence-corrected chi connectivity index (χ1v) is 6.20. The monoisotopic (exact) mass is 228 g/mol. The number of unbranched alkanes of at least 4 members (excludes halogenated alkanes) is 1. The van der Waals surface area contributed by atoms with Crippen molar-refractivity contribution in [2.75, 3.05) is 13.6 Å². The van der Waals surface area contributed by atoms with E-state index in [-0.39, 0.29) is 0 Å². The normalized spacial score (nSPS) is 10.7. The maximum Gasteiger partial charge on any atom is 0.0622 e. The highest BCUT2D eigenvalue weighted by molar-refractivity contribution is 5.84. The van der Waals surface area contributed by atoms with Crippen molar-refractivity contribution in [3.63, 3.8) is 0 Å². The van der Waals surface area contributed by atoms with Crippen LogP contribution >= 0.6 is 0 Å². The Kier molecular flexibility index (Phi) is 3.52. The first kappa shape index (κ1) is 11.8. The summed E-state index contributed by atoms with van der Waals surface area (Å²) in [5, 5.41) is 1.24. The van der Waals surface area contributed by atoms with Gasteiger partial charge in [0.15, 0.2) is 0 Å². The number of rotatable bonds is 5. The number of para-hydroxylation sites is 1. The molecule has 0 saturated carbocycles. The number of nitrogens with one attached hydrogen (secondary N) is 1. The predicted octanol–water partition coefficient (Wildman–Crippen LogP) is 3.87. The Labute approximate surface area is 103 Å². The first-order chi connectivity index (χ1) is 8.22. The van der Waals surface area contributed by atoms with E-state index < -0.39 is 0 Å². The van der Waals surface area contributed by atoms with Crippen LogP contribution in [-0.2, 0) is 0 Å². The second-order valence-corrected chi connectivity index (χ2v) is 4.49. The molecule has 0 fully saturated rings. The molecule has 2 heteroatoms. The Morgan fingerprint density at radius 2 is 2.12 bits per heavy atom. The number of nitrogens with zero attached hydrogens (tertiary/aromatic N) is 1. The van der Waals surface area contributed by atoms with E-state index in [0.717, 1.165) is 17.9 Å². The Balaban J connectivity index is 2.18. The molecule has 90 valence electrons. The van der Waals surface area contributed by atoms with Gasteiger partial charge in [-0.05, 0) is 18.6 Å². The van der Waals surface area contributed by atoms with Crippen molar-refractivity contribution in [2.45, 2.75) is 19.8 Å². The van der Waals surface area contributed by atoms with Gasteiger partial charge in [0.05, 0.1) is 11.4 Å². The molecule has 2 aromatic rings. The summed E-state index contributed by atoms with van der Waals surface area (Å²) < 4.78 is 0. The summed E-state index contributed by atoms with van der Waals surface area (Å²) in [4.78, 5) is 5.63. The van der Waals surface area contributed by atoms with E-state index in [1.165, 1.54) is 23.7 Å². The number of benzene rings is 1. The van der Waals surface area contributed by atoms with Gasteiger partial charge in [0.2, 0.25) is 0 Å². The molecule has 0 bridgehead atoms. The standard InChI is InChI=1S/C15H20N2/c1-4-5-10-17(3)12(2)15-11-13-8-6-7-9-14(13)16-15/h6-9,11,16H,2,4-5,10H2,1,3H3. The van der Waals surface area contributed by atoms with Crippen molar-refractivity contribution in [1.29, 1.82) is 0 Å². The molecule has 0 saturated heterocycles. The summed E-state index contributed by atoms with van der Waals surface area (Å²) in [6.07, 6.45) is 2.42. The Bertz CT molecular complexity index is 477. The number of aromatic amines is 1. The fraction of sp³-hybridized carbons (Fsp3) is 0.333. The van der Waals surface area contributed by atoms with Gasteiger partial charge in [-0.1, -0.05) is 38.1 Å². The van der Waals surface area contributed by atoms with Crippen LogP contribution in [0.4, 0.5) is 0 Å². The molecule has 17 heavy (non-hydrogen) atoms. The fourth-order valence-electron chi connectivity index (χ4n) is 1.96. The molecule has 1 heterocycles. The summed E-state index contributed by atoms with van der Waals surface area (Å²) >= 11 is 0. The van der Waals surface area contributed by atoms with E-state index in [4.69, 9.17) is 0 Å². The van der Waals surface area contributed by atoms with Crippen LogP contribution in [0.25, 0.3) is 16.6 Å². The zero-order valence-electron chi connectivity index (χ0n) is 10.7. The summed E-state index contributed by atoms with van der Waals surface area (Å²) in [6.45, 7) is 7.44. The minimum atomic E-state index is 1.06. The molecule has 0 radical (unpaired) electrons. The maximum absolute atomic E-state index is 4.17. The lowest BCUT2D eigenvalue weighted by Crippen LogP contribution is -2.17. The molecular weight excluding hydrogens is 208 g/mol. The molecule has 1 aromatic carbocycles. The molecule has 2 nitrogen and oxygen atoms in total. The van der Waals surface area contributed by atoms with Crippen LogP contribution < -0.4 is 0 Å². The quantitative estimate of drug-likeness (QED) is 0.823. The third-order valence-electron chi connectivity index (χ3n) is 3.15. The van der Waals surface area contributed by atoms with Crippen LogP contribution in [0.3, 0.4) is 0 Å². The summed E-state index contributed by atoms with van der Waals surface area (Å²) in [7, 11) is 2.10. The van der Waals surface area contributed by atoms with Gasteiger partial charge in [-0.2, -0.15) is 0 Å². The van der Waals surface area contributed by atoms with Gasteiger partial charge in [0.1, 0.15) is 0 Å². The van der Waals surface area contributed by atoms with Crippen LogP contribution in [0, 0.1) is 0 Å². The fourth-order valence-corrected chi connectivity index (χ4v) is 1.96. The number of hydrogen-bond donors (Lipinski definition) is 1. The topological polar surface area (TPSA) is 19.0 Å². The molecular formula is C15H20N2. The van der Waals surface area contributed by atoms with E-state index in [1.54, 1.807) is 0 Å². The molecule has 0 amide bonds. The van der Waals surface area contributed by atoms with E-state index >= 15 is 0 Å². The Morgan fingerprint density at radius 3 is 2.82 bits per heavy atom. The van der Waals surface area contributed by atoms with Crippen LogP contribution in [0.5, 0.6) is 0 Å². The van der Waals surface area contributed by atoms with Gasteiger partial charge in [-0.3, -0.25) is 0 Å². The SMILES string of the molecule is C=C(c1cc2ccccc2[nH]1)N(C)CCCC. The number of hydrogen-bond acceptors (Lipinski definition) is 1. The highest BCUT2D eigenvalue weighted by Gasteiger charge is 2.07. The van der Waals surface area contributed by atoms with Gasteiger partial charge in [-0.25, -0.2) is 0 Å². The van der Waals surface area contributed by atoms with Gasteiger partial charge in [-0.15, -0.1) is 0 Å². The highest BCUT2D eigenvalue weighted by Crippen LogP contribution is 2.21. The van der Waals surface area contributed by atoms with Crippen molar-refractivity contribution in [2.24, 2.45) is 0 Å². The molecule has 0 aliphatic carbocycles. The van der Waals surface area contributed by atoms with Crippen molar-refractivity contribution in [3.05, 3.63) is 42.6 Å². The molecule has 1 aromatic heterocycles. The Morgan fingerprint density at radius 1 is 1.35 bits per heavy atom. The lowest BCUT2D eigenvalue weighted by atomic mass is 10.2. The Hall–Kier alpha value is -1.70. The number of fused-ring (bicyclic) bond motifs is 1. The van der Waals surface area contributed by atoms with Gasteiger partial charge < -0.3 is 9.88 Å². The van der Waals surface area contributed by atoms with Crippen molar-refractivity contribution in [1.82, 2.24) is 9.88 Å². The predicted molar refractivity (Wildman–Crippen MR) is 74.9 cm³/mol. The van der Waals surface area contributed by atoms with Gasteiger partial charge in [0, 0.05) is 24.5 Å². The summed E-state index contributed by atoms with van der Waals surface area (Å²) in [6, 6.07) is 10.5. The zero-order chi connectivity index (χ0) is 12.3. The minimum Gasteiger partial charge on any atom is -0.373 e. The lowest BCUT2D eigenvalue weighted by Gasteiger charge is -2.20. The van der Waals surface area contributed by atoms with Gasteiger partial charge >= 0.3 is 0 Å². The van der Waals surface area contributed by atoms with E-state index in [9.17, 15) is 0 Å². The van der Waals surface area contributed by atoms with Crippen molar-refractivity contribution >= 4 is 16.6 Å². The average Bonchev–Trinajstić information content (AvgIpc) is 2.78. The molecule has 0 unspecified atom stereocenters. The second-order valence-electron chi connectivity index (χ2n) is 4.49. The zero-order valence-corrected chi connectivity index (χ0v) is 10.7. The minimum absolute atomic E-state index is 1.06. The lowest BCUT2D eigenvalue weighted by molar-refractivity contribution is 0.462. The smallest absolute Gasteiger partial charge is 0.0622 e. The van der Waals surface area contributed by atoms with Crippen molar-refractivity contribution < 1.29 is 0 Å². The number of H-pyrrole nitrogens is 1. The van der Waals surface area contributed by atoms with E-state index in [2.05, 4.69) is 54.7 Å². The van der Waals surface area contributed by atoms with Crippen LogP contribution in [-0.4, -0.2) is 23.5 Å². The summed E-state index contributed by atoms with van der Waals surface area (Å²) in [5.74, 6) is 0. The molecule has 1 N–H and O–H groups in total. The molecule has 2 rings (SSSR count). The van der Waals surface area contributed by atoms with E-state index in [1.807, 2.05) is 6.07 Å². The molecule has 0 atom stereocenters. The van der Waals surface area contributed by atoms with Crippen LogP contribution in [0.15, 0.2) is 36.9 Å². The van der Waals surface area contributed by atoms with Crippen molar-refractivity contribution in [3.8, 4) is 0 Å². The van der Waals surface area contributed by atoms with Crippen LogP contribution in [0.2, 0.25) is 0 Å². The van der Waals surface area contributed by atoms with Crippen LogP contribution in [0.1, 0.15) is 25.5 Å². The number of aromatic nitrogens is 1. The second kappa shape index (κ2) is 5.09. The maximum atomic E-state index is 4.17. The van der Waals surface area contributed by atoms with Gasteiger partial charge in [0.25, 0.3) is 0 Å². The molecule has 0 spiro atoms.